The lowest BCUT2D eigenvalue weighted by Gasteiger charge is -2.12. The van der Waals surface area contributed by atoms with Crippen molar-refractivity contribution in [3.8, 4) is 11.5 Å². The molecule has 0 heterocycles. The van der Waals surface area contributed by atoms with E-state index in [-0.39, 0.29) is 5.91 Å². The number of hydrogen-bond acceptors (Lipinski definition) is 4. The van der Waals surface area contributed by atoms with Gasteiger partial charge in [-0.3, -0.25) is 9.79 Å². The molecule has 162 valence electrons. The monoisotopic (exact) mass is 412 g/mol. The van der Waals surface area contributed by atoms with E-state index < -0.39 is 0 Å². The van der Waals surface area contributed by atoms with Crippen LogP contribution in [0.15, 0.2) is 53.5 Å². The van der Waals surface area contributed by atoms with Gasteiger partial charge in [-0.05, 0) is 55.3 Å². The van der Waals surface area contributed by atoms with E-state index in [2.05, 4.69) is 20.9 Å². The summed E-state index contributed by atoms with van der Waals surface area (Å²) in [6.45, 7) is 4.82. The number of ether oxygens (including phenoxy) is 2. The number of amides is 1. The second kappa shape index (κ2) is 13.1. The number of benzene rings is 2. The minimum Gasteiger partial charge on any atom is -0.497 e. The highest BCUT2D eigenvalue weighted by atomic mass is 16.5. The number of carbonyl (C=O) groups is 1. The van der Waals surface area contributed by atoms with Gasteiger partial charge in [0.2, 0.25) is 0 Å². The number of hydrogen-bond donors (Lipinski definition) is 3. The predicted molar refractivity (Wildman–Crippen MR) is 121 cm³/mol. The Morgan fingerprint density at radius 1 is 1.07 bits per heavy atom. The number of rotatable bonds is 11. The smallest absolute Gasteiger partial charge is 0.251 e. The zero-order valence-electron chi connectivity index (χ0n) is 18.0. The summed E-state index contributed by atoms with van der Waals surface area (Å²) in [4.78, 5) is 16.3. The molecule has 7 nitrogen and oxygen atoms in total. The van der Waals surface area contributed by atoms with Gasteiger partial charge in [-0.15, -0.1) is 0 Å². The Morgan fingerprint density at radius 2 is 1.83 bits per heavy atom. The van der Waals surface area contributed by atoms with Crippen molar-refractivity contribution in [1.82, 2.24) is 16.0 Å². The number of carbonyl (C=O) groups excluding carboxylic acids is 1. The van der Waals surface area contributed by atoms with E-state index in [1.165, 1.54) is 0 Å². The summed E-state index contributed by atoms with van der Waals surface area (Å²) in [6, 6.07) is 15.2. The molecule has 2 aromatic rings. The molecule has 3 N–H and O–H groups in total. The molecule has 2 rings (SSSR count). The molecular weight excluding hydrogens is 380 g/mol. The first-order valence-electron chi connectivity index (χ1n) is 10.3. The third-order valence-corrected chi connectivity index (χ3v) is 4.37. The first-order chi connectivity index (χ1) is 14.7. The molecule has 0 radical (unpaired) electrons. The molecule has 0 spiro atoms. The number of nitrogens with zero attached hydrogens (tertiary/aromatic N) is 1. The van der Waals surface area contributed by atoms with Crippen LogP contribution in [0.3, 0.4) is 0 Å². The van der Waals surface area contributed by atoms with Crippen molar-refractivity contribution < 1.29 is 14.3 Å². The normalized spacial score (nSPS) is 11.0. The van der Waals surface area contributed by atoms with Crippen molar-refractivity contribution in [3.63, 3.8) is 0 Å². The van der Waals surface area contributed by atoms with E-state index in [4.69, 9.17) is 9.47 Å². The first-order valence-corrected chi connectivity index (χ1v) is 10.3. The Balaban J connectivity index is 1.73. The molecule has 0 saturated heterocycles. The fourth-order valence-corrected chi connectivity index (χ4v) is 2.80. The Labute approximate surface area is 178 Å². The van der Waals surface area contributed by atoms with Crippen LogP contribution in [0, 0.1) is 0 Å². The third-order valence-electron chi connectivity index (χ3n) is 4.37. The SMILES string of the molecule is CCNC(=NCCCOc1ccc(OC)cc1)NCCc1cccc(C(=O)NC)c1. The van der Waals surface area contributed by atoms with Crippen molar-refractivity contribution in [2.75, 3.05) is 40.4 Å². The van der Waals surface area contributed by atoms with Crippen molar-refractivity contribution in [3.05, 3.63) is 59.7 Å². The summed E-state index contributed by atoms with van der Waals surface area (Å²) in [7, 11) is 3.28. The average Bonchev–Trinajstić information content (AvgIpc) is 2.79. The molecule has 0 aliphatic heterocycles. The summed E-state index contributed by atoms with van der Waals surface area (Å²) in [5.74, 6) is 2.35. The Hall–Kier alpha value is -3.22. The molecule has 1 amide bonds. The maximum absolute atomic E-state index is 11.8. The predicted octanol–water partition coefficient (Wildman–Crippen LogP) is 2.62. The average molecular weight is 413 g/mol. The number of guanidine groups is 1. The lowest BCUT2D eigenvalue weighted by atomic mass is 10.1. The fourth-order valence-electron chi connectivity index (χ4n) is 2.80. The summed E-state index contributed by atoms with van der Waals surface area (Å²) < 4.78 is 10.9. The highest BCUT2D eigenvalue weighted by Gasteiger charge is 2.04. The molecule has 0 aliphatic carbocycles. The molecule has 0 saturated carbocycles. The van der Waals surface area contributed by atoms with E-state index in [0.29, 0.717) is 18.7 Å². The molecule has 0 bridgehead atoms. The Kier molecular flexibility index (Phi) is 10.1. The maximum atomic E-state index is 11.8. The van der Waals surface area contributed by atoms with Gasteiger partial charge >= 0.3 is 0 Å². The fraction of sp³-hybridized carbons (Fsp3) is 0.391. The largest absolute Gasteiger partial charge is 0.497 e. The van der Waals surface area contributed by atoms with Gasteiger partial charge in [0.05, 0.1) is 13.7 Å². The number of nitrogens with one attached hydrogen (secondary N) is 3. The second-order valence-corrected chi connectivity index (χ2v) is 6.59. The minimum absolute atomic E-state index is 0.0726. The lowest BCUT2D eigenvalue weighted by Crippen LogP contribution is -2.38. The molecule has 0 unspecified atom stereocenters. The summed E-state index contributed by atoms with van der Waals surface area (Å²) in [5, 5.41) is 9.23. The quantitative estimate of drug-likeness (QED) is 0.300. The molecular formula is C23H32N4O3. The second-order valence-electron chi connectivity index (χ2n) is 6.59. The van der Waals surface area contributed by atoms with Crippen LogP contribution in [0.2, 0.25) is 0 Å². The maximum Gasteiger partial charge on any atom is 0.251 e. The van der Waals surface area contributed by atoms with E-state index in [0.717, 1.165) is 49.0 Å². The van der Waals surface area contributed by atoms with Gasteiger partial charge in [0.15, 0.2) is 5.96 Å². The van der Waals surface area contributed by atoms with Crippen molar-refractivity contribution in [2.24, 2.45) is 4.99 Å². The van der Waals surface area contributed by atoms with Crippen LogP contribution < -0.4 is 25.4 Å². The summed E-state index contributed by atoms with van der Waals surface area (Å²) >= 11 is 0. The standard InChI is InChI=1S/C23H32N4O3/c1-4-25-23(26-14-6-16-30-21-11-9-20(29-3)10-12-21)27-15-13-18-7-5-8-19(17-18)22(28)24-2/h5,7-12,17H,4,6,13-16H2,1-3H3,(H,24,28)(H2,25,26,27). The van der Waals surface area contributed by atoms with Crippen LogP contribution in [0.5, 0.6) is 11.5 Å². The molecule has 0 fully saturated rings. The Morgan fingerprint density at radius 3 is 2.53 bits per heavy atom. The first kappa shape index (κ1) is 23.1. The van der Waals surface area contributed by atoms with E-state index in [9.17, 15) is 4.79 Å². The van der Waals surface area contributed by atoms with Crippen LogP contribution in [-0.2, 0) is 6.42 Å². The topological polar surface area (TPSA) is 84.0 Å². The lowest BCUT2D eigenvalue weighted by molar-refractivity contribution is 0.0963. The van der Waals surface area contributed by atoms with E-state index >= 15 is 0 Å². The van der Waals surface area contributed by atoms with Crippen LogP contribution in [0.25, 0.3) is 0 Å². The van der Waals surface area contributed by atoms with Gasteiger partial charge in [0.1, 0.15) is 11.5 Å². The van der Waals surface area contributed by atoms with Gasteiger partial charge in [-0.2, -0.15) is 0 Å². The van der Waals surface area contributed by atoms with Crippen molar-refractivity contribution in [1.29, 1.82) is 0 Å². The Bertz CT molecular complexity index is 806. The third kappa shape index (κ3) is 8.03. The van der Waals surface area contributed by atoms with Crippen molar-refractivity contribution >= 4 is 11.9 Å². The van der Waals surface area contributed by atoms with Crippen LogP contribution in [-0.4, -0.2) is 52.3 Å². The molecule has 0 atom stereocenters. The number of aliphatic imine (C=N–C) groups is 1. The van der Waals surface area contributed by atoms with Gasteiger partial charge < -0.3 is 25.4 Å². The molecule has 7 heteroatoms. The zero-order valence-corrected chi connectivity index (χ0v) is 18.0. The van der Waals surface area contributed by atoms with Crippen LogP contribution in [0.1, 0.15) is 29.3 Å². The minimum atomic E-state index is -0.0726. The van der Waals surface area contributed by atoms with Crippen molar-refractivity contribution in [2.45, 2.75) is 19.8 Å². The molecule has 30 heavy (non-hydrogen) atoms. The highest BCUT2D eigenvalue weighted by molar-refractivity contribution is 5.94. The van der Waals surface area contributed by atoms with Gasteiger partial charge in [-0.1, -0.05) is 12.1 Å². The van der Waals surface area contributed by atoms with Crippen LogP contribution >= 0.6 is 0 Å². The molecule has 2 aromatic carbocycles. The van der Waals surface area contributed by atoms with Crippen LogP contribution in [0.4, 0.5) is 0 Å². The van der Waals surface area contributed by atoms with Gasteiger partial charge in [-0.25, -0.2) is 0 Å². The molecule has 0 aromatic heterocycles. The highest BCUT2D eigenvalue weighted by Crippen LogP contribution is 2.17. The van der Waals surface area contributed by atoms with E-state index in [1.807, 2.05) is 55.5 Å². The van der Waals surface area contributed by atoms with E-state index in [1.54, 1.807) is 14.2 Å². The number of methoxy groups -OCH3 is 1. The zero-order chi connectivity index (χ0) is 21.6. The van der Waals surface area contributed by atoms with Gasteiger partial charge in [0.25, 0.3) is 5.91 Å². The van der Waals surface area contributed by atoms with Gasteiger partial charge in [0, 0.05) is 38.7 Å². The molecule has 0 aliphatic rings. The summed E-state index contributed by atoms with van der Waals surface area (Å²) in [5.41, 5.74) is 1.78. The summed E-state index contributed by atoms with van der Waals surface area (Å²) in [6.07, 6.45) is 1.62.